The van der Waals surface area contributed by atoms with E-state index in [2.05, 4.69) is 25.2 Å². The molecule has 3 aromatic rings. The van der Waals surface area contributed by atoms with Gasteiger partial charge in [0, 0.05) is 5.56 Å². The lowest BCUT2D eigenvalue weighted by molar-refractivity contribution is -0.274. The molecule has 8 nitrogen and oxygen atoms in total. The summed E-state index contributed by atoms with van der Waals surface area (Å²) in [5.41, 5.74) is 1.94. The quantitative estimate of drug-likeness (QED) is 0.409. The van der Waals surface area contributed by atoms with E-state index in [-0.39, 0.29) is 12.2 Å². The highest BCUT2D eigenvalue weighted by Gasteiger charge is 2.30. The van der Waals surface area contributed by atoms with E-state index >= 15 is 0 Å². The number of rotatable bonds is 5. The Morgan fingerprint density at radius 2 is 1.79 bits per heavy atom. The molecule has 0 aliphatic rings. The van der Waals surface area contributed by atoms with Crippen molar-refractivity contribution in [1.29, 1.82) is 0 Å². The van der Waals surface area contributed by atoms with Crippen LogP contribution in [0.4, 0.5) is 13.2 Å². The van der Waals surface area contributed by atoms with E-state index in [4.69, 9.17) is 5.84 Å². The fraction of sp³-hybridized carbons (Fsp3) is 0.118. The highest BCUT2D eigenvalue weighted by atomic mass is 19.4. The van der Waals surface area contributed by atoms with Gasteiger partial charge in [0.15, 0.2) is 5.82 Å². The fourth-order valence-electron chi connectivity index (χ4n) is 2.37. The summed E-state index contributed by atoms with van der Waals surface area (Å²) in [6.07, 6.45) is -3.24. The molecule has 1 aromatic heterocycles. The number of hydrogen-bond donors (Lipinski definition) is 1. The van der Waals surface area contributed by atoms with E-state index in [1.54, 1.807) is 24.3 Å². The second-order valence-corrected chi connectivity index (χ2v) is 5.54. The minimum atomic E-state index is -4.74. The zero-order valence-electron chi connectivity index (χ0n) is 14.2. The average molecular weight is 390 g/mol. The Hall–Kier alpha value is -3.76. The summed E-state index contributed by atoms with van der Waals surface area (Å²) in [5.74, 6) is 4.46. The van der Waals surface area contributed by atoms with Crippen LogP contribution in [-0.4, -0.2) is 27.0 Å². The van der Waals surface area contributed by atoms with Gasteiger partial charge in [-0.1, -0.05) is 34.6 Å². The molecule has 28 heavy (non-hydrogen) atoms. The van der Waals surface area contributed by atoms with E-state index in [1.165, 1.54) is 35.3 Å². The lowest BCUT2D eigenvalue weighted by Gasteiger charge is -2.09. The summed E-state index contributed by atoms with van der Waals surface area (Å²) in [6, 6.07) is 12.2. The molecule has 0 bridgehead atoms. The molecule has 0 radical (unpaired) electrons. The van der Waals surface area contributed by atoms with E-state index in [1.807, 2.05) is 0 Å². The van der Waals surface area contributed by atoms with Gasteiger partial charge in [-0.3, -0.25) is 4.79 Å². The Bertz CT molecular complexity index is 981. The molecule has 1 heterocycles. The molecular formula is C17H13F3N6O2. The van der Waals surface area contributed by atoms with Crippen LogP contribution in [0.1, 0.15) is 5.56 Å². The molecule has 1 amide bonds. The fourth-order valence-corrected chi connectivity index (χ4v) is 2.37. The first-order valence-corrected chi connectivity index (χ1v) is 7.85. The Labute approximate surface area is 156 Å². The van der Waals surface area contributed by atoms with Crippen molar-refractivity contribution in [3.8, 4) is 22.8 Å². The van der Waals surface area contributed by atoms with Crippen molar-refractivity contribution in [3.63, 3.8) is 0 Å². The monoisotopic (exact) mass is 390 g/mol. The smallest absolute Gasteiger partial charge is 0.406 e. The third-order valence-corrected chi connectivity index (χ3v) is 3.56. The average Bonchev–Trinajstić information content (AvgIpc) is 3.12. The number of nitrogens with two attached hydrogens (primary N) is 1. The first kappa shape index (κ1) is 19.0. The SMILES string of the molecule is NN=NC(=O)Cc1ccc(-c2ncn(-c3ccc(OC(F)(F)F)cc3)n2)cc1. The van der Waals surface area contributed by atoms with E-state index in [9.17, 15) is 18.0 Å². The second-order valence-electron chi connectivity index (χ2n) is 5.54. The van der Waals surface area contributed by atoms with Crippen molar-refractivity contribution >= 4 is 5.91 Å². The lowest BCUT2D eigenvalue weighted by atomic mass is 10.1. The molecule has 2 N–H and O–H groups in total. The number of ether oxygens (including phenoxy) is 1. The Morgan fingerprint density at radius 1 is 1.11 bits per heavy atom. The molecule has 0 aliphatic heterocycles. The Balaban J connectivity index is 1.72. The van der Waals surface area contributed by atoms with Gasteiger partial charge in [-0.15, -0.1) is 18.3 Å². The molecule has 0 unspecified atom stereocenters. The van der Waals surface area contributed by atoms with Crippen molar-refractivity contribution in [2.24, 2.45) is 16.2 Å². The molecule has 3 rings (SSSR count). The van der Waals surface area contributed by atoms with Crippen LogP contribution in [0.3, 0.4) is 0 Å². The molecule has 0 atom stereocenters. The first-order chi connectivity index (χ1) is 13.3. The van der Waals surface area contributed by atoms with Crippen molar-refractivity contribution in [3.05, 3.63) is 60.4 Å². The van der Waals surface area contributed by atoms with Crippen LogP contribution in [0.15, 0.2) is 65.2 Å². The Kier molecular flexibility index (Phi) is 5.34. The zero-order valence-corrected chi connectivity index (χ0v) is 14.2. The number of hydrogen-bond acceptors (Lipinski definition) is 5. The molecular weight excluding hydrogens is 377 g/mol. The van der Waals surface area contributed by atoms with Crippen LogP contribution in [0, 0.1) is 0 Å². The maximum absolute atomic E-state index is 12.2. The number of carbonyl (C=O) groups excluding carboxylic acids is 1. The number of halogens is 3. The van der Waals surface area contributed by atoms with Crippen LogP contribution < -0.4 is 10.6 Å². The maximum Gasteiger partial charge on any atom is 0.573 e. The summed E-state index contributed by atoms with van der Waals surface area (Å²) in [5, 5.41) is 10.5. The number of alkyl halides is 3. The van der Waals surface area contributed by atoms with Crippen molar-refractivity contribution in [1.82, 2.24) is 14.8 Å². The van der Waals surface area contributed by atoms with Gasteiger partial charge in [-0.05, 0) is 29.8 Å². The predicted octanol–water partition coefficient (Wildman–Crippen LogP) is 3.23. The van der Waals surface area contributed by atoms with Crippen molar-refractivity contribution in [2.75, 3.05) is 0 Å². The topological polar surface area (TPSA) is 108 Å². The molecule has 0 fully saturated rings. The molecule has 0 aliphatic carbocycles. The second kappa shape index (κ2) is 7.86. The summed E-state index contributed by atoms with van der Waals surface area (Å²) < 4.78 is 41.9. The molecule has 144 valence electrons. The van der Waals surface area contributed by atoms with E-state index in [0.29, 0.717) is 17.1 Å². The van der Waals surface area contributed by atoms with E-state index in [0.717, 1.165) is 5.56 Å². The standard InChI is InChI=1S/C17H13F3N6O2/c18-17(19,20)28-14-7-5-13(6-8-14)26-10-22-16(24-26)12-3-1-11(2-4-12)9-15(27)23-25-21/h1-8,10H,9H2,(H2,21,23,27). The maximum atomic E-state index is 12.2. The van der Waals surface area contributed by atoms with Gasteiger partial charge >= 0.3 is 6.36 Å². The van der Waals surface area contributed by atoms with Gasteiger partial charge in [0.1, 0.15) is 12.1 Å². The van der Waals surface area contributed by atoms with Gasteiger partial charge in [-0.2, -0.15) is 0 Å². The van der Waals surface area contributed by atoms with Gasteiger partial charge in [0.2, 0.25) is 0 Å². The minimum absolute atomic E-state index is 0.0647. The van der Waals surface area contributed by atoms with Crippen LogP contribution in [0.5, 0.6) is 5.75 Å². The van der Waals surface area contributed by atoms with Crippen molar-refractivity contribution < 1.29 is 22.7 Å². The summed E-state index contributed by atoms with van der Waals surface area (Å²) in [7, 11) is 0. The van der Waals surface area contributed by atoms with Gasteiger partial charge in [0.25, 0.3) is 5.91 Å². The third kappa shape index (κ3) is 4.90. The highest BCUT2D eigenvalue weighted by Crippen LogP contribution is 2.24. The summed E-state index contributed by atoms with van der Waals surface area (Å²) in [4.78, 5) is 15.6. The van der Waals surface area contributed by atoms with Crippen LogP contribution in [0.2, 0.25) is 0 Å². The number of aromatic nitrogens is 3. The Morgan fingerprint density at radius 3 is 2.39 bits per heavy atom. The third-order valence-electron chi connectivity index (χ3n) is 3.56. The number of amides is 1. The minimum Gasteiger partial charge on any atom is -0.406 e. The summed E-state index contributed by atoms with van der Waals surface area (Å²) >= 11 is 0. The van der Waals surface area contributed by atoms with Crippen molar-refractivity contribution in [2.45, 2.75) is 12.8 Å². The largest absolute Gasteiger partial charge is 0.573 e. The number of carbonyl (C=O) groups is 1. The van der Waals surface area contributed by atoms with Gasteiger partial charge in [-0.25, -0.2) is 9.67 Å². The van der Waals surface area contributed by atoms with E-state index < -0.39 is 12.3 Å². The van der Waals surface area contributed by atoms with Crippen LogP contribution in [-0.2, 0) is 11.2 Å². The van der Waals surface area contributed by atoms with Gasteiger partial charge < -0.3 is 10.6 Å². The zero-order chi connectivity index (χ0) is 20.1. The molecule has 0 saturated carbocycles. The number of nitrogens with zero attached hydrogens (tertiary/aromatic N) is 5. The van der Waals surface area contributed by atoms with Crippen LogP contribution in [0.25, 0.3) is 17.1 Å². The van der Waals surface area contributed by atoms with Crippen LogP contribution >= 0.6 is 0 Å². The number of benzene rings is 2. The molecule has 11 heteroatoms. The first-order valence-electron chi connectivity index (χ1n) is 7.85. The predicted molar refractivity (Wildman–Crippen MR) is 91.2 cm³/mol. The molecule has 0 saturated heterocycles. The molecule has 2 aromatic carbocycles. The lowest BCUT2D eigenvalue weighted by Crippen LogP contribution is -2.17. The molecule has 0 spiro atoms. The highest BCUT2D eigenvalue weighted by molar-refractivity contribution is 5.79. The normalized spacial score (nSPS) is 11.7. The summed E-state index contributed by atoms with van der Waals surface area (Å²) in [6.45, 7) is 0. The van der Waals surface area contributed by atoms with Gasteiger partial charge in [0.05, 0.1) is 12.1 Å².